The average molecular weight is 345 g/mol. The number of amides is 1. The third kappa shape index (κ3) is 4.08. The molecule has 1 aliphatic rings. The van der Waals surface area contributed by atoms with Gasteiger partial charge in [0, 0.05) is 51.0 Å². The van der Waals surface area contributed by atoms with Gasteiger partial charge in [0.2, 0.25) is 11.8 Å². The smallest absolute Gasteiger partial charge is 0.227 e. The second-order valence-corrected chi connectivity index (χ2v) is 7.23. The molecule has 1 atom stereocenters. The number of carbonyl (C=O) groups excluding carboxylic acids is 1. The van der Waals surface area contributed by atoms with Crippen molar-refractivity contribution in [3.8, 4) is 0 Å². The van der Waals surface area contributed by atoms with Crippen molar-refractivity contribution in [3.05, 3.63) is 29.4 Å². The minimum absolute atomic E-state index is 0.153. The van der Waals surface area contributed by atoms with Gasteiger partial charge in [-0.15, -0.1) is 0 Å². The van der Waals surface area contributed by atoms with E-state index in [9.17, 15) is 4.79 Å². The van der Waals surface area contributed by atoms with Gasteiger partial charge < -0.3 is 14.0 Å². The standard InChI is InChI=1S/C18H27N5O2/c1-12(2)17-20-15(25-21-17)7-8-16(24)23-9-5-6-14(11-23)18-19-13(3)10-22(18)4/h10,12,14H,5-9,11H2,1-4H3/t14-/m0/s1. The molecule has 0 radical (unpaired) electrons. The number of imidazole rings is 1. The molecule has 2 aromatic rings. The van der Waals surface area contributed by atoms with Crippen LogP contribution in [0.5, 0.6) is 0 Å². The zero-order chi connectivity index (χ0) is 18.0. The molecule has 1 fully saturated rings. The van der Waals surface area contributed by atoms with Gasteiger partial charge in [-0.25, -0.2) is 4.98 Å². The number of aromatic nitrogens is 4. The quantitative estimate of drug-likeness (QED) is 0.832. The zero-order valence-corrected chi connectivity index (χ0v) is 15.5. The molecular weight excluding hydrogens is 318 g/mol. The van der Waals surface area contributed by atoms with Crippen LogP contribution in [0.1, 0.15) is 68.2 Å². The first kappa shape index (κ1) is 17.6. The normalized spacial score (nSPS) is 18.1. The van der Waals surface area contributed by atoms with Gasteiger partial charge in [-0.05, 0) is 19.8 Å². The first-order valence-corrected chi connectivity index (χ1v) is 9.04. The Morgan fingerprint density at radius 2 is 2.20 bits per heavy atom. The van der Waals surface area contributed by atoms with Crippen LogP contribution in [0, 0.1) is 6.92 Å². The van der Waals surface area contributed by atoms with Crippen molar-refractivity contribution in [2.45, 2.75) is 58.3 Å². The molecule has 136 valence electrons. The van der Waals surface area contributed by atoms with Gasteiger partial charge in [-0.3, -0.25) is 4.79 Å². The van der Waals surface area contributed by atoms with Crippen molar-refractivity contribution in [3.63, 3.8) is 0 Å². The lowest BCUT2D eigenvalue weighted by Crippen LogP contribution is -2.39. The molecule has 1 aliphatic heterocycles. The van der Waals surface area contributed by atoms with Crippen LogP contribution in [0.3, 0.4) is 0 Å². The van der Waals surface area contributed by atoms with Gasteiger partial charge in [0.1, 0.15) is 5.82 Å². The lowest BCUT2D eigenvalue weighted by molar-refractivity contribution is -0.132. The summed E-state index contributed by atoms with van der Waals surface area (Å²) in [5.41, 5.74) is 1.03. The van der Waals surface area contributed by atoms with E-state index in [1.54, 1.807) is 0 Å². The van der Waals surface area contributed by atoms with Crippen molar-refractivity contribution in [2.24, 2.45) is 7.05 Å². The monoisotopic (exact) mass is 345 g/mol. The van der Waals surface area contributed by atoms with E-state index in [4.69, 9.17) is 4.52 Å². The highest BCUT2D eigenvalue weighted by Gasteiger charge is 2.27. The summed E-state index contributed by atoms with van der Waals surface area (Å²) in [6.45, 7) is 7.61. The van der Waals surface area contributed by atoms with Crippen molar-refractivity contribution in [1.82, 2.24) is 24.6 Å². The van der Waals surface area contributed by atoms with Gasteiger partial charge in [-0.1, -0.05) is 19.0 Å². The maximum atomic E-state index is 12.6. The van der Waals surface area contributed by atoms with Gasteiger partial charge in [0.25, 0.3) is 0 Å². The Hall–Kier alpha value is -2.18. The van der Waals surface area contributed by atoms with Crippen LogP contribution in [0.25, 0.3) is 0 Å². The van der Waals surface area contributed by atoms with Crippen LogP contribution in [-0.4, -0.2) is 43.6 Å². The van der Waals surface area contributed by atoms with E-state index in [1.807, 2.05) is 38.9 Å². The summed E-state index contributed by atoms with van der Waals surface area (Å²) in [5.74, 6) is 3.02. The van der Waals surface area contributed by atoms with Crippen LogP contribution < -0.4 is 0 Å². The molecule has 0 unspecified atom stereocenters. The van der Waals surface area contributed by atoms with E-state index in [2.05, 4.69) is 19.7 Å². The van der Waals surface area contributed by atoms with Gasteiger partial charge in [-0.2, -0.15) is 4.98 Å². The Morgan fingerprint density at radius 3 is 2.84 bits per heavy atom. The van der Waals surface area contributed by atoms with Crippen LogP contribution in [0.4, 0.5) is 0 Å². The first-order chi connectivity index (χ1) is 11.9. The fourth-order valence-electron chi connectivity index (χ4n) is 3.40. The van der Waals surface area contributed by atoms with E-state index >= 15 is 0 Å². The Kier molecular flexibility index (Phi) is 5.20. The summed E-state index contributed by atoms with van der Waals surface area (Å²) in [6, 6.07) is 0. The van der Waals surface area contributed by atoms with E-state index in [-0.39, 0.29) is 11.8 Å². The molecule has 0 saturated carbocycles. The van der Waals surface area contributed by atoms with E-state index in [0.29, 0.717) is 30.5 Å². The number of nitrogens with zero attached hydrogens (tertiary/aromatic N) is 5. The average Bonchev–Trinajstić information content (AvgIpc) is 3.19. The Bertz CT molecular complexity index is 734. The summed E-state index contributed by atoms with van der Waals surface area (Å²) < 4.78 is 7.31. The molecule has 0 spiro atoms. The molecule has 7 heteroatoms. The number of rotatable bonds is 5. The Labute approximate surface area is 148 Å². The SMILES string of the molecule is Cc1cn(C)c([C@H]2CCCN(C(=O)CCc3nc(C(C)C)no3)C2)n1. The molecule has 0 aromatic carbocycles. The minimum Gasteiger partial charge on any atom is -0.342 e. The minimum atomic E-state index is 0.153. The van der Waals surface area contributed by atoms with Gasteiger partial charge in [0.15, 0.2) is 5.82 Å². The molecule has 1 saturated heterocycles. The van der Waals surface area contributed by atoms with Crippen molar-refractivity contribution < 1.29 is 9.32 Å². The number of hydrogen-bond acceptors (Lipinski definition) is 5. The third-order valence-electron chi connectivity index (χ3n) is 4.72. The summed E-state index contributed by atoms with van der Waals surface area (Å²) >= 11 is 0. The lowest BCUT2D eigenvalue weighted by atomic mass is 9.96. The Balaban J connectivity index is 1.57. The van der Waals surface area contributed by atoms with E-state index in [1.165, 1.54) is 0 Å². The van der Waals surface area contributed by atoms with Crippen molar-refractivity contribution in [1.29, 1.82) is 0 Å². The molecule has 25 heavy (non-hydrogen) atoms. The second-order valence-electron chi connectivity index (χ2n) is 7.23. The maximum Gasteiger partial charge on any atom is 0.227 e. The number of carbonyl (C=O) groups is 1. The van der Waals surface area contributed by atoms with E-state index < -0.39 is 0 Å². The second kappa shape index (κ2) is 7.37. The number of likely N-dealkylation sites (tertiary alicyclic amines) is 1. The summed E-state index contributed by atoms with van der Waals surface area (Å²) in [7, 11) is 2.03. The van der Waals surface area contributed by atoms with Crippen LogP contribution in [-0.2, 0) is 18.3 Å². The van der Waals surface area contributed by atoms with Crippen LogP contribution in [0.15, 0.2) is 10.7 Å². The molecule has 0 N–H and O–H groups in total. The summed E-state index contributed by atoms with van der Waals surface area (Å²) in [6.07, 6.45) is 5.04. The molecule has 3 rings (SSSR count). The largest absolute Gasteiger partial charge is 0.342 e. The van der Waals surface area contributed by atoms with E-state index in [0.717, 1.165) is 37.4 Å². The van der Waals surface area contributed by atoms with Crippen molar-refractivity contribution >= 4 is 5.91 Å². The molecule has 1 amide bonds. The van der Waals surface area contributed by atoms with Crippen LogP contribution in [0.2, 0.25) is 0 Å². The fourth-order valence-corrected chi connectivity index (χ4v) is 3.40. The summed E-state index contributed by atoms with van der Waals surface area (Å²) in [4.78, 5) is 23.5. The highest BCUT2D eigenvalue weighted by molar-refractivity contribution is 5.76. The Morgan fingerprint density at radius 1 is 1.40 bits per heavy atom. The molecular formula is C18H27N5O2. The number of aryl methyl sites for hydroxylation is 3. The predicted molar refractivity (Wildman–Crippen MR) is 93.2 cm³/mol. The first-order valence-electron chi connectivity index (χ1n) is 9.04. The number of piperidine rings is 1. The topological polar surface area (TPSA) is 77.0 Å². The highest BCUT2D eigenvalue weighted by Crippen LogP contribution is 2.26. The fraction of sp³-hybridized carbons (Fsp3) is 0.667. The van der Waals surface area contributed by atoms with Crippen molar-refractivity contribution in [2.75, 3.05) is 13.1 Å². The maximum absolute atomic E-state index is 12.6. The highest BCUT2D eigenvalue weighted by atomic mass is 16.5. The molecule has 2 aromatic heterocycles. The lowest BCUT2D eigenvalue weighted by Gasteiger charge is -2.32. The number of hydrogen-bond donors (Lipinski definition) is 0. The predicted octanol–water partition coefficient (Wildman–Crippen LogP) is 2.57. The van der Waals surface area contributed by atoms with Gasteiger partial charge >= 0.3 is 0 Å². The summed E-state index contributed by atoms with van der Waals surface area (Å²) in [5, 5.41) is 3.95. The molecule has 0 bridgehead atoms. The zero-order valence-electron chi connectivity index (χ0n) is 15.5. The van der Waals surface area contributed by atoms with Gasteiger partial charge in [0.05, 0.1) is 5.69 Å². The van der Waals surface area contributed by atoms with Crippen LogP contribution >= 0.6 is 0 Å². The molecule has 0 aliphatic carbocycles. The third-order valence-corrected chi connectivity index (χ3v) is 4.72. The molecule has 3 heterocycles. The molecule has 7 nitrogen and oxygen atoms in total.